The van der Waals surface area contributed by atoms with Crippen molar-refractivity contribution >= 4 is 5.70 Å². The fourth-order valence-corrected chi connectivity index (χ4v) is 4.05. The molecule has 0 saturated carbocycles. The van der Waals surface area contributed by atoms with E-state index in [9.17, 15) is 0 Å². The lowest BCUT2D eigenvalue weighted by molar-refractivity contribution is 0.261. The SMILES string of the molecule is CN1NC(c2cccc(-c3ccc(-c4ccccc4)cc3)c2)=CC1c1ccccc1. The predicted octanol–water partition coefficient (Wildman–Crippen LogP) is 6.55. The van der Waals surface area contributed by atoms with Gasteiger partial charge in [-0.25, -0.2) is 5.01 Å². The summed E-state index contributed by atoms with van der Waals surface area (Å²) in [7, 11) is 2.09. The van der Waals surface area contributed by atoms with Crippen molar-refractivity contribution in [2.45, 2.75) is 6.04 Å². The van der Waals surface area contributed by atoms with E-state index in [4.69, 9.17) is 0 Å². The molecule has 1 aliphatic heterocycles. The smallest absolute Gasteiger partial charge is 0.0741 e. The van der Waals surface area contributed by atoms with Crippen LogP contribution in [0.25, 0.3) is 28.0 Å². The minimum Gasteiger partial charge on any atom is -0.318 e. The second kappa shape index (κ2) is 8.02. The Bertz CT molecular complexity index is 1160. The minimum absolute atomic E-state index is 0.231. The van der Waals surface area contributed by atoms with Gasteiger partial charge in [0.05, 0.1) is 11.7 Å². The second-order valence-electron chi connectivity index (χ2n) is 7.68. The maximum Gasteiger partial charge on any atom is 0.0741 e. The fraction of sp³-hybridized carbons (Fsp3) is 0.0714. The molecule has 0 aromatic heterocycles. The fourth-order valence-electron chi connectivity index (χ4n) is 4.05. The summed E-state index contributed by atoms with van der Waals surface area (Å²) in [6.45, 7) is 0. The van der Waals surface area contributed by atoms with E-state index in [2.05, 4.69) is 133 Å². The van der Waals surface area contributed by atoms with E-state index in [0.29, 0.717) is 0 Å². The Morgan fingerprint density at radius 1 is 0.567 bits per heavy atom. The first-order chi connectivity index (χ1) is 14.8. The summed E-state index contributed by atoms with van der Waals surface area (Å²) >= 11 is 0. The summed E-state index contributed by atoms with van der Waals surface area (Å²) < 4.78 is 0. The van der Waals surface area contributed by atoms with E-state index in [-0.39, 0.29) is 6.04 Å². The maximum atomic E-state index is 3.52. The van der Waals surface area contributed by atoms with E-state index < -0.39 is 0 Å². The summed E-state index contributed by atoms with van der Waals surface area (Å²) in [6, 6.07) is 38.9. The van der Waals surface area contributed by atoms with Gasteiger partial charge < -0.3 is 5.43 Å². The van der Waals surface area contributed by atoms with Crippen LogP contribution in [0.2, 0.25) is 0 Å². The zero-order valence-electron chi connectivity index (χ0n) is 17.0. The van der Waals surface area contributed by atoms with Gasteiger partial charge in [-0.15, -0.1) is 0 Å². The summed E-state index contributed by atoms with van der Waals surface area (Å²) in [6.07, 6.45) is 2.30. The van der Waals surface area contributed by atoms with Gasteiger partial charge in [0.2, 0.25) is 0 Å². The van der Waals surface area contributed by atoms with E-state index in [1.165, 1.54) is 33.4 Å². The molecule has 1 N–H and O–H groups in total. The Morgan fingerprint density at radius 2 is 1.10 bits per heavy atom. The molecule has 1 aliphatic rings. The van der Waals surface area contributed by atoms with Crippen molar-refractivity contribution in [3.8, 4) is 22.3 Å². The maximum absolute atomic E-state index is 3.52. The Hall–Kier alpha value is -3.62. The van der Waals surface area contributed by atoms with Crippen LogP contribution in [-0.4, -0.2) is 12.1 Å². The van der Waals surface area contributed by atoms with Gasteiger partial charge in [-0.2, -0.15) is 0 Å². The molecule has 0 spiro atoms. The van der Waals surface area contributed by atoms with Gasteiger partial charge in [-0.05, 0) is 45.5 Å². The largest absolute Gasteiger partial charge is 0.318 e. The molecule has 1 unspecified atom stereocenters. The third-order valence-electron chi connectivity index (χ3n) is 5.68. The topological polar surface area (TPSA) is 15.3 Å². The highest BCUT2D eigenvalue weighted by Gasteiger charge is 2.23. The number of likely N-dealkylation sites (N-methyl/N-ethyl adjacent to an activating group) is 1. The van der Waals surface area contributed by atoms with Gasteiger partial charge in [-0.3, -0.25) is 0 Å². The number of hydrazine groups is 1. The van der Waals surface area contributed by atoms with Gasteiger partial charge in [0.25, 0.3) is 0 Å². The van der Waals surface area contributed by atoms with Crippen LogP contribution < -0.4 is 5.43 Å². The van der Waals surface area contributed by atoms with Crippen LogP contribution in [0.3, 0.4) is 0 Å². The monoisotopic (exact) mass is 388 g/mol. The summed E-state index contributed by atoms with van der Waals surface area (Å²) in [5.74, 6) is 0. The molecule has 0 bridgehead atoms. The summed E-state index contributed by atoms with van der Waals surface area (Å²) in [5, 5.41) is 2.16. The first-order valence-electron chi connectivity index (χ1n) is 10.3. The van der Waals surface area contributed by atoms with Gasteiger partial charge in [0.1, 0.15) is 0 Å². The van der Waals surface area contributed by atoms with Crippen LogP contribution in [0.15, 0.2) is 115 Å². The number of benzene rings is 4. The third kappa shape index (κ3) is 3.66. The van der Waals surface area contributed by atoms with Crippen LogP contribution in [0.5, 0.6) is 0 Å². The lowest BCUT2D eigenvalue weighted by Gasteiger charge is -2.20. The molecule has 0 aliphatic carbocycles. The first kappa shape index (κ1) is 18.4. The molecule has 0 radical (unpaired) electrons. The lowest BCUT2D eigenvalue weighted by atomic mass is 9.98. The molecular formula is C28H24N2. The number of nitrogens with one attached hydrogen (secondary N) is 1. The first-order valence-corrected chi connectivity index (χ1v) is 10.3. The molecule has 5 rings (SSSR count). The Morgan fingerprint density at radius 3 is 1.80 bits per heavy atom. The van der Waals surface area contributed by atoms with Crippen LogP contribution >= 0.6 is 0 Å². The highest BCUT2D eigenvalue weighted by atomic mass is 15.5. The van der Waals surface area contributed by atoms with Crippen LogP contribution in [0.4, 0.5) is 0 Å². The zero-order valence-corrected chi connectivity index (χ0v) is 17.0. The van der Waals surface area contributed by atoms with Gasteiger partial charge in [0.15, 0.2) is 0 Å². The molecule has 4 aromatic rings. The van der Waals surface area contributed by atoms with Gasteiger partial charge in [-0.1, -0.05) is 103 Å². The molecular weight excluding hydrogens is 364 g/mol. The van der Waals surface area contributed by atoms with E-state index in [0.717, 1.165) is 5.70 Å². The Kier molecular flexibility index (Phi) is 4.92. The highest BCUT2D eigenvalue weighted by molar-refractivity contribution is 5.75. The van der Waals surface area contributed by atoms with E-state index in [1.54, 1.807) is 0 Å². The average molecular weight is 389 g/mol. The van der Waals surface area contributed by atoms with Crippen molar-refractivity contribution in [2.75, 3.05) is 7.05 Å². The molecule has 30 heavy (non-hydrogen) atoms. The highest BCUT2D eigenvalue weighted by Crippen LogP contribution is 2.32. The second-order valence-corrected chi connectivity index (χ2v) is 7.68. The summed E-state index contributed by atoms with van der Waals surface area (Å²) in [5.41, 5.74) is 12.1. The Balaban J connectivity index is 1.42. The zero-order chi connectivity index (χ0) is 20.3. The number of nitrogens with zero attached hydrogens (tertiary/aromatic N) is 1. The van der Waals surface area contributed by atoms with Crippen molar-refractivity contribution in [3.63, 3.8) is 0 Å². The van der Waals surface area contributed by atoms with Crippen molar-refractivity contribution < 1.29 is 0 Å². The number of hydrogen-bond donors (Lipinski definition) is 1. The normalized spacial score (nSPS) is 16.2. The molecule has 0 saturated heterocycles. The van der Waals surface area contributed by atoms with Crippen molar-refractivity contribution in [1.29, 1.82) is 0 Å². The number of hydrogen-bond acceptors (Lipinski definition) is 2. The van der Waals surface area contributed by atoms with Gasteiger partial charge in [0, 0.05) is 7.05 Å². The molecule has 1 heterocycles. The third-order valence-corrected chi connectivity index (χ3v) is 5.68. The van der Waals surface area contributed by atoms with Crippen molar-refractivity contribution in [2.24, 2.45) is 0 Å². The van der Waals surface area contributed by atoms with Gasteiger partial charge >= 0.3 is 0 Å². The Labute approximate surface area is 178 Å². The van der Waals surface area contributed by atoms with Crippen LogP contribution in [0, 0.1) is 0 Å². The molecule has 2 nitrogen and oxygen atoms in total. The van der Waals surface area contributed by atoms with Crippen molar-refractivity contribution in [3.05, 3.63) is 126 Å². The molecule has 1 atom stereocenters. The molecule has 2 heteroatoms. The lowest BCUT2D eigenvalue weighted by Crippen LogP contribution is -2.29. The van der Waals surface area contributed by atoms with Crippen LogP contribution in [0.1, 0.15) is 17.2 Å². The molecule has 0 amide bonds. The van der Waals surface area contributed by atoms with E-state index in [1.807, 2.05) is 0 Å². The minimum atomic E-state index is 0.231. The van der Waals surface area contributed by atoms with Crippen molar-refractivity contribution in [1.82, 2.24) is 10.4 Å². The standard InChI is InChI=1S/C28H24N2/c1-30-28(24-11-6-3-7-12-24)20-27(29-30)26-14-8-13-25(19-26)23-17-15-22(16-18-23)21-9-4-2-5-10-21/h2-20,28-29H,1H3. The number of rotatable bonds is 4. The summed E-state index contributed by atoms with van der Waals surface area (Å²) in [4.78, 5) is 0. The quantitative estimate of drug-likeness (QED) is 0.426. The molecule has 4 aromatic carbocycles. The predicted molar refractivity (Wildman–Crippen MR) is 125 cm³/mol. The molecule has 146 valence electrons. The van der Waals surface area contributed by atoms with Crippen LogP contribution in [-0.2, 0) is 0 Å². The average Bonchev–Trinajstić information content (AvgIpc) is 3.22. The molecule has 0 fully saturated rings. The van der Waals surface area contributed by atoms with E-state index >= 15 is 0 Å².